The van der Waals surface area contributed by atoms with Crippen LogP contribution in [0.25, 0.3) is 0 Å². The van der Waals surface area contributed by atoms with Crippen LogP contribution in [0.5, 0.6) is 0 Å². The Labute approximate surface area is 180 Å². The van der Waals surface area contributed by atoms with Crippen LogP contribution in [0.1, 0.15) is 19.3 Å². The molecule has 1 aliphatic rings. The molecule has 3 rings (SSSR count). The first-order valence-electron chi connectivity index (χ1n) is 7.89. The van der Waals surface area contributed by atoms with Gasteiger partial charge in [0.25, 0.3) is 10.0 Å². The summed E-state index contributed by atoms with van der Waals surface area (Å²) in [4.78, 5) is -0.0191. The van der Waals surface area contributed by atoms with Crippen molar-refractivity contribution < 1.29 is 16.8 Å². The average Bonchev–Trinajstić information content (AvgIpc) is 2.88. The van der Waals surface area contributed by atoms with Crippen molar-refractivity contribution in [3.63, 3.8) is 0 Å². The lowest BCUT2D eigenvalue weighted by atomic mass is 10.2. The topological polar surface area (TPSA) is 83.5 Å². The van der Waals surface area contributed by atoms with Gasteiger partial charge in [0.1, 0.15) is 13.6 Å². The van der Waals surface area contributed by atoms with Gasteiger partial charge >= 0.3 is 0 Å². The summed E-state index contributed by atoms with van der Waals surface area (Å²) in [6, 6.07) is 5.59. The summed E-state index contributed by atoms with van der Waals surface area (Å²) in [6.45, 7) is 1.00. The van der Waals surface area contributed by atoms with Crippen LogP contribution in [-0.4, -0.2) is 34.2 Å². The van der Waals surface area contributed by atoms with Crippen molar-refractivity contribution in [1.82, 2.24) is 4.31 Å². The number of benzene rings is 1. The molecule has 1 saturated heterocycles. The summed E-state index contributed by atoms with van der Waals surface area (Å²) < 4.78 is 54.7. The summed E-state index contributed by atoms with van der Waals surface area (Å²) in [5.74, 6) is 0. The first kappa shape index (κ1) is 21.4. The minimum Gasteiger partial charge on any atom is -0.280 e. The fraction of sp³-hybridized carbons (Fsp3) is 0.333. The zero-order valence-corrected chi connectivity index (χ0v) is 19.3. The van der Waals surface area contributed by atoms with E-state index < -0.39 is 20.0 Å². The van der Waals surface area contributed by atoms with Gasteiger partial charge in [-0.05, 0) is 53.0 Å². The van der Waals surface area contributed by atoms with Gasteiger partial charge in [0.15, 0.2) is 0 Å². The fourth-order valence-corrected chi connectivity index (χ4v) is 8.86. The Hall–Kier alpha value is -0.360. The molecule has 1 N–H and O–H groups in total. The van der Waals surface area contributed by atoms with Crippen molar-refractivity contribution in [2.45, 2.75) is 29.1 Å². The molecule has 2 aromatic rings. The number of piperidine rings is 1. The molecule has 1 fully saturated rings. The SMILES string of the molecule is O=S(=O)(Nc1ccc(S(=O)(=O)N2CCCCC2)cc1)c1c(Cl)sc(Cl)c1Br. The van der Waals surface area contributed by atoms with E-state index in [2.05, 4.69) is 20.7 Å². The quantitative estimate of drug-likeness (QED) is 0.598. The molecular formula is C15H15BrCl2N2O4S3. The van der Waals surface area contributed by atoms with Crippen LogP contribution >= 0.6 is 50.5 Å². The molecule has 0 amide bonds. The minimum absolute atomic E-state index is 0.0312. The minimum atomic E-state index is -3.99. The van der Waals surface area contributed by atoms with Crippen molar-refractivity contribution in [3.8, 4) is 0 Å². The van der Waals surface area contributed by atoms with Gasteiger partial charge in [0.2, 0.25) is 10.0 Å². The number of nitrogens with one attached hydrogen (secondary N) is 1. The number of halogens is 3. The van der Waals surface area contributed by atoms with Gasteiger partial charge in [-0.2, -0.15) is 4.31 Å². The van der Waals surface area contributed by atoms with Crippen LogP contribution in [0.4, 0.5) is 5.69 Å². The summed E-state index contributed by atoms with van der Waals surface area (Å²) in [7, 11) is -7.56. The molecule has 0 saturated carbocycles. The van der Waals surface area contributed by atoms with Crippen LogP contribution in [-0.2, 0) is 20.0 Å². The number of sulfonamides is 2. The fourth-order valence-electron chi connectivity index (χ4n) is 2.72. The molecule has 1 aromatic carbocycles. The second kappa shape index (κ2) is 8.17. The Balaban J connectivity index is 1.83. The Bertz CT molecular complexity index is 1050. The Morgan fingerprint density at radius 3 is 2.07 bits per heavy atom. The molecule has 6 nitrogen and oxygen atoms in total. The Morgan fingerprint density at radius 2 is 1.56 bits per heavy atom. The second-order valence-electron chi connectivity index (χ2n) is 5.89. The van der Waals surface area contributed by atoms with E-state index >= 15 is 0 Å². The molecule has 12 heteroatoms. The van der Waals surface area contributed by atoms with Gasteiger partial charge in [0, 0.05) is 18.8 Å². The number of nitrogens with zero attached hydrogens (tertiary/aromatic N) is 1. The molecule has 0 unspecified atom stereocenters. The van der Waals surface area contributed by atoms with E-state index in [0.717, 1.165) is 30.6 Å². The molecule has 1 aromatic heterocycles. The lowest BCUT2D eigenvalue weighted by molar-refractivity contribution is 0.346. The molecule has 0 atom stereocenters. The highest BCUT2D eigenvalue weighted by Gasteiger charge is 2.28. The van der Waals surface area contributed by atoms with E-state index in [1.165, 1.54) is 28.6 Å². The van der Waals surface area contributed by atoms with Gasteiger partial charge in [0.05, 0.1) is 9.37 Å². The van der Waals surface area contributed by atoms with Gasteiger partial charge < -0.3 is 0 Å². The standard InChI is InChI=1S/C15H15BrCl2N2O4S3/c16-12-13(15(18)25-14(12)17)26(21,22)19-10-4-6-11(7-5-10)27(23,24)20-8-2-1-3-9-20/h4-7,19H,1-3,8-9H2. The summed E-state index contributed by atoms with van der Waals surface area (Å²) in [5, 5.41) is 0. The highest BCUT2D eigenvalue weighted by molar-refractivity contribution is 9.10. The maximum Gasteiger partial charge on any atom is 0.265 e. The van der Waals surface area contributed by atoms with E-state index in [1.807, 2.05) is 0 Å². The van der Waals surface area contributed by atoms with E-state index in [9.17, 15) is 16.8 Å². The van der Waals surface area contributed by atoms with Crippen LogP contribution in [0.2, 0.25) is 8.67 Å². The first-order chi connectivity index (χ1) is 12.6. The number of thiophene rings is 1. The highest BCUT2D eigenvalue weighted by atomic mass is 79.9. The molecule has 2 heterocycles. The predicted molar refractivity (Wildman–Crippen MR) is 112 cm³/mol. The highest BCUT2D eigenvalue weighted by Crippen LogP contribution is 2.43. The Morgan fingerprint density at radius 1 is 0.963 bits per heavy atom. The molecular weight excluding hydrogens is 519 g/mol. The van der Waals surface area contributed by atoms with Gasteiger partial charge in [-0.25, -0.2) is 16.8 Å². The maximum absolute atomic E-state index is 12.6. The number of rotatable bonds is 5. The van der Waals surface area contributed by atoms with Crippen molar-refractivity contribution >= 4 is 76.2 Å². The summed E-state index contributed by atoms with van der Waals surface area (Å²) in [5.41, 5.74) is 0.220. The molecule has 0 radical (unpaired) electrons. The zero-order valence-electron chi connectivity index (χ0n) is 13.8. The molecule has 0 spiro atoms. The molecule has 0 aliphatic carbocycles. The second-order valence-corrected chi connectivity index (χ2v) is 12.5. The van der Waals surface area contributed by atoms with Crippen molar-refractivity contribution in [1.29, 1.82) is 0 Å². The normalized spacial score (nSPS) is 16.4. The van der Waals surface area contributed by atoms with Crippen molar-refractivity contribution in [3.05, 3.63) is 37.4 Å². The van der Waals surface area contributed by atoms with E-state index in [4.69, 9.17) is 23.2 Å². The van der Waals surface area contributed by atoms with Crippen LogP contribution < -0.4 is 4.72 Å². The Kier molecular flexibility index (Phi) is 6.46. The van der Waals surface area contributed by atoms with E-state index in [0.29, 0.717) is 13.1 Å². The molecule has 1 aliphatic heterocycles. The molecule has 148 valence electrons. The van der Waals surface area contributed by atoms with E-state index in [1.54, 1.807) is 0 Å². The monoisotopic (exact) mass is 532 g/mol. The average molecular weight is 534 g/mol. The van der Waals surface area contributed by atoms with Crippen molar-refractivity contribution in [2.24, 2.45) is 0 Å². The van der Waals surface area contributed by atoms with Crippen LogP contribution in [0, 0.1) is 0 Å². The van der Waals surface area contributed by atoms with Gasteiger partial charge in [-0.15, -0.1) is 11.3 Å². The third kappa shape index (κ3) is 4.47. The predicted octanol–water partition coefficient (Wildman–Crippen LogP) is 4.79. The lowest BCUT2D eigenvalue weighted by Gasteiger charge is -2.25. The van der Waals surface area contributed by atoms with E-state index in [-0.39, 0.29) is 28.6 Å². The van der Waals surface area contributed by atoms with Gasteiger partial charge in [-0.3, -0.25) is 4.72 Å². The summed E-state index contributed by atoms with van der Waals surface area (Å²) >= 11 is 15.9. The smallest absolute Gasteiger partial charge is 0.265 e. The number of hydrogen-bond acceptors (Lipinski definition) is 5. The van der Waals surface area contributed by atoms with Crippen LogP contribution in [0.15, 0.2) is 38.5 Å². The maximum atomic E-state index is 12.6. The zero-order chi connectivity index (χ0) is 19.8. The lowest BCUT2D eigenvalue weighted by Crippen LogP contribution is -2.35. The molecule has 0 bridgehead atoms. The third-order valence-corrected chi connectivity index (χ3v) is 10.8. The summed E-state index contributed by atoms with van der Waals surface area (Å²) in [6.07, 6.45) is 2.71. The number of anilines is 1. The first-order valence-corrected chi connectivity index (χ1v) is 13.2. The third-order valence-electron chi connectivity index (χ3n) is 4.06. The van der Waals surface area contributed by atoms with Crippen LogP contribution in [0.3, 0.4) is 0 Å². The molecule has 27 heavy (non-hydrogen) atoms. The largest absolute Gasteiger partial charge is 0.280 e. The number of hydrogen-bond donors (Lipinski definition) is 1. The van der Waals surface area contributed by atoms with Crippen molar-refractivity contribution in [2.75, 3.05) is 17.8 Å². The van der Waals surface area contributed by atoms with Gasteiger partial charge in [-0.1, -0.05) is 29.6 Å².